The van der Waals surface area contributed by atoms with E-state index < -0.39 is 0 Å². The van der Waals surface area contributed by atoms with Gasteiger partial charge in [0.05, 0.1) is 17.3 Å². The molecule has 0 aliphatic carbocycles. The van der Waals surface area contributed by atoms with Crippen LogP contribution < -0.4 is 10.1 Å². The van der Waals surface area contributed by atoms with Crippen LogP contribution in [0.4, 0.5) is 0 Å². The van der Waals surface area contributed by atoms with Gasteiger partial charge in [0.2, 0.25) is 0 Å². The van der Waals surface area contributed by atoms with Crippen molar-refractivity contribution < 1.29 is 4.74 Å². The molecule has 21 heavy (non-hydrogen) atoms. The Labute approximate surface area is 131 Å². The smallest absolute Gasteiger partial charge is 0.119 e. The molecule has 0 saturated carbocycles. The zero-order valence-corrected chi connectivity index (χ0v) is 13.9. The summed E-state index contributed by atoms with van der Waals surface area (Å²) in [6.07, 6.45) is 0.864. The molecule has 0 amide bonds. The van der Waals surface area contributed by atoms with Gasteiger partial charge >= 0.3 is 0 Å². The Balaban J connectivity index is 1.72. The molecule has 0 radical (unpaired) electrons. The molecule has 114 valence electrons. The Morgan fingerprint density at radius 1 is 1.33 bits per heavy atom. The number of aryl methyl sites for hydroxylation is 1. The summed E-state index contributed by atoms with van der Waals surface area (Å²) in [6.45, 7) is 9.06. The van der Waals surface area contributed by atoms with Gasteiger partial charge in [-0.1, -0.05) is 26.0 Å². The quantitative estimate of drug-likeness (QED) is 0.805. The topological polar surface area (TPSA) is 34.1 Å². The number of ether oxygens (including phenoxy) is 1. The lowest BCUT2D eigenvalue weighted by atomic mass is 10.2. The van der Waals surface area contributed by atoms with Crippen LogP contribution >= 0.6 is 11.3 Å². The third kappa shape index (κ3) is 5.86. The molecule has 1 heterocycles. The SMILES string of the molecule is Cc1cccc(OCCc2nc(CNCC(C)C)cs2)c1. The Morgan fingerprint density at radius 3 is 2.95 bits per heavy atom. The first-order valence-electron chi connectivity index (χ1n) is 7.47. The third-order valence-corrected chi connectivity index (χ3v) is 3.99. The van der Waals surface area contributed by atoms with Crippen LogP contribution in [-0.2, 0) is 13.0 Å². The number of hydrogen-bond acceptors (Lipinski definition) is 4. The number of thiazole rings is 1. The summed E-state index contributed by atoms with van der Waals surface area (Å²) in [4.78, 5) is 4.63. The van der Waals surface area contributed by atoms with Crippen molar-refractivity contribution in [2.24, 2.45) is 5.92 Å². The molecule has 0 aliphatic heterocycles. The van der Waals surface area contributed by atoms with Gasteiger partial charge in [-0.2, -0.15) is 0 Å². The number of nitrogens with zero attached hydrogens (tertiary/aromatic N) is 1. The minimum absolute atomic E-state index is 0.672. The summed E-state index contributed by atoms with van der Waals surface area (Å²) in [7, 11) is 0. The standard InChI is InChI=1S/C17H24N2OS/c1-13(2)10-18-11-15-12-21-17(19-15)7-8-20-16-6-4-5-14(3)9-16/h4-6,9,12-13,18H,7-8,10-11H2,1-3H3. The molecule has 0 fully saturated rings. The molecule has 2 aromatic rings. The van der Waals surface area contributed by atoms with Gasteiger partial charge in [0, 0.05) is 18.3 Å². The zero-order valence-electron chi connectivity index (χ0n) is 13.1. The van der Waals surface area contributed by atoms with E-state index in [0.29, 0.717) is 12.5 Å². The van der Waals surface area contributed by atoms with Gasteiger partial charge in [0.1, 0.15) is 5.75 Å². The Kier molecular flexibility index (Phi) is 6.21. The van der Waals surface area contributed by atoms with Crippen molar-refractivity contribution in [3.63, 3.8) is 0 Å². The largest absolute Gasteiger partial charge is 0.493 e. The maximum Gasteiger partial charge on any atom is 0.119 e. The molecule has 1 aromatic heterocycles. The van der Waals surface area contributed by atoms with Crippen LogP contribution in [0, 0.1) is 12.8 Å². The second-order valence-electron chi connectivity index (χ2n) is 5.67. The molecule has 0 spiro atoms. The van der Waals surface area contributed by atoms with Gasteiger partial charge in [0.15, 0.2) is 0 Å². The summed E-state index contributed by atoms with van der Waals surface area (Å²) < 4.78 is 5.76. The molecular formula is C17H24N2OS. The third-order valence-electron chi connectivity index (χ3n) is 3.03. The van der Waals surface area contributed by atoms with Crippen LogP contribution in [0.2, 0.25) is 0 Å². The number of hydrogen-bond donors (Lipinski definition) is 1. The second kappa shape index (κ2) is 8.15. The number of rotatable bonds is 8. The summed E-state index contributed by atoms with van der Waals surface area (Å²) in [5.41, 5.74) is 2.35. The number of aromatic nitrogens is 1. The van der Waals surface area contributed by atoms with Gasteiger partial charge in [-0.15, -0.1) is 11.3 Å². The number of benzene rings is 1. The van der Waals surface area contributed by atoms with Gasteiger partial charge < -0.3 is 10.1 Å². The van der Waals surface area contributed by atoms with E-state index in [9.17, 15) is 0 Å². The van der Waals surface area contributed by atoms with Gasteiger partial charge in [-0.25, -0.2) is 4.98 Å². The van der Waals surface area contributed by atoms with E-state index in [-0.39, 0.29) is 0 Å². The minimum Gasteiger partial charge on any atom is -0.493 e. The van der Waals surface area contributed by atoms with Crippen molar-refractivity contribution in [3.05, 3.63) is 45.9 Å². The van der Waals surface area contributed by atoms with Gasteiger partial charge in [0.25, 0.3) is 0 Å². The Morgan fingerprint density at radius 2 is 2.19 bits per heavy atom. The molecule has 0 atom stereocenters. The molecule has 3 nitrogen and oxygen atoms in total. The average molecular weight is 304 g/mol. The van der Waals surface area contributed by atoms with E-state index in [1.165, 1.54) is 5.56 Å². The van der Waals surface area contributed by atoms with E-state index in [1.807, 2.05) is 12.1 Å². The van der Waals surface area contributed by atoms with Gasteiger partial charge in [-0.3, -0.25) is 0 Å². The van der Waals surface area contributed by atoms with Crippen molar-refractivity contribution in [1.29, 1.82) is 0 Å². The number of nitrogens with one attached hydrogen (secondary N) is 1. The monoisotopic (exact) mass is 304 g/mol. The lowest BCUT2D eigenvalue weighted by Gasteiger charge is -2.05. The van der Waals surface area contributed by atoms with E-state index in [0.717, 1.165) is 36.0 Å². The first-order chi connectivity index (χ1) is 10.1. The van der Waals surface area contributed by atoms with Crippen molar-refractivity contribution >= 4 is 11.3 Å². The van der Waals surface area contributed by atoms with Crippen LogP contribution in [0.25, 0.3) is 0 Å². The normalized spacial score (nSPS) is 11.0. The van der Waals surface area contributed by atoms with Crippen LogP contribution in [0.5, 0.6) is 5.75 Å². The van der Waals surface area contributed by atoms with Crippen molar-refractivity contribution in [1.82, 2.24) is 10.3 Å². The maximum atomic E-state index is 5.76. The molecular weight excluding hydrogens is 280 g/mol. The minimum atomic E-state index is 0.672. The van der Waals surface area contributed by atoms with E-state index in [1.54, 1.807) is 11.3 Å². The Bertz CT molecular complexity index is 551. The van der Waals surface area contributed by atoms with Crippen LogP contribution in [0.1, 0.15) is 30.1 Å². The van der Waals surface area contributed by atoms with Gasteiger partial charge in [-0.05, 0) is 37.1 Å². The molecule has 0 aliphatic rings. The summed E-state index contributed by atoms with van der Waals surface area (Å²) in [5, 5.41) is 6.69. The van der Waals surface area contributed by atoms with E-state index >= 15 is 0 Å². The van der Waals surface area contributed by atoms with E-state index in [4.69, 9.17) is 4.74 Å². The highest BCUT2D eigenvalue weighted by atomic mass is 32.1. The highest BCUT2D eigenvalue weighted by Crippen LogP contribution is 2.14. The molecule has 2 rings (SSSR count). The highest BCUT2D eigenvalue weighted by Gasteiger charge is 2.03. The second-order valence-corrected chi connectivity index (χ2v) is 6.61. The lowest BCUT2D eigenvalue weighted by molar-refractivity contribution is 0.321. The van der Waals surface area contributed by atoms with Crippen molar-refractivity contribution in [2.75, 3.05) is 13.2 Å². The molecule has 4 heteroatoms. The summed E-state index contributed by atoms with van der Waals surface area (Å²) >= 11 is 1.72. The predicted octanol–water partition coefficient (Wildman–Crippen LogP) is 3.82. The van der Waals surface area contributed by atoms with Crippen LogP contribution in [0.3, 0.4) is 0 Å². The average Bonchev–Trinajstić information content (AvgIpc) is 2.86. The molecule has 1 N–H and O–H groups in total. The van der Waals surface area contributed by atoms with Crippen LogP contribution in [-0.4, -0.2) is 18.1 Å². The highest BCUT2D eigenvalue weighted by molar-refractivity contribution is 7.09. The van der Waals surface area contributed by atoms with Crippen molar-refractivity contribution in [2.45, 2.75) is 33.7 Å². The zero-order chi connectivity index (χ0) is 15.1. The van der Waals surface area contributed by atoms with E-state index in [2.05, 4.69) is 48.6 Å². The van der Waals surface area contributed by atoms with Crippen molar-refractivity contribution in [3.8, 4) is 5.75 Å². The Hall–Kier alpha value is -1.39. The first-order valence-corrected chi connectivity index (χ1v) is 8.35. The summed E-state index contributed by atoms with van der Waals surface area (Å²) in [6, 6.07) is 8.15. The first kappa shape index (κ1) is 16.0. The summed E-state index contributed by atoms with van der Waals surface area (Å²) in [5.74, 6) is 1.61. The molecule has 0 bridgehead atoms. The molecule has 1 aromatic carbocycles. The molecule has 0 unspecified atom stereocenters. The lowest BCUT2D eigenvalue weighted by Crippen LogP contribution is -2.19. The fraction of sp³-hybridized carbons (Fsp3) is 0.471. The fourth-order valence-corrected chi connectivity index (χ4v) is 2.77. The van der Waals surface area contributed by atoms with Crippen LogP contribution in [0.15, 0.2) is 29.6 Å². The fourth-order valence-electron chi connectivity index (χ4n) is 2.00. The predicted molar refractivity (Wildman–Crippen MR) is 89.0 cm³/mol. The molecule has 0 saturated heterocycles. The maximum absolute atomic E-state index is 5.76.